The predicted octanol–water partition coefficient (Wildman–Crippen LogP) is 4.71. The molecule has 0 saturated carbocycles. The lowest BCUT2D eigenvalue weighted by atomic mass is 9.58. The van der Waals surface area contributed by atoms with Gasteiger partial charge in [0.15, 0.2) is 0 Å². The van der Waals surface area contributed by atoms with E-state index in [1.165, 1.54) is 10.5 Å². The maximum Gasteiger partial charge on any atom is 0.455 e. The molecule has 2 fully saturated rings. The Morgan fingerprint density at radius 2 is 1.89 bits per heavy atom. The van der Waals surface area contributed by atoms with E-state index in [0.29, 0.717) is 43.6 Å². The fraction of sp³-hybridized carbons (Fsp3) is 0.467. The van der Waals surface area contributed by atoms with Crippen LogP contribution in [0.4, 0.5) is 0 Å². The summed E-state index contributed by atoms with van der Waals surface area (Å²) in [4.78, 5) is 28.0. The first-order valence-corrected chi connectivity index (χ1v) is 13.8. The molecule has 200 valence electrons. The quantitative estimate of drug-likeness (QED) is 0.284. The van der Waals surface area contributed by atoms with E-state index in [1.807, 2.05) is 49.4 Å². The lowest BCUT2D eigenvalue weighted by Gasteiger charge is -2.43. The van der Waals surface area contributed by atoms with Crippen LogP contribution in [0.2, 0.25) is 6.32 Å². The summed E-state index contributed by atoms with van der Waals surface area (Å²) in [6.07, 6.45) is 5.39. The molecular weight excluding hydrogens is 481 g/mol. The highest BCUT2D eigenvalue weighted by Crippen LogP contribution is 2.51. The third kappa shape index (κ3) is 5.05. The molecule has 38 heavy (non-hydrogen) atoms. The van der Waals surface area contributed by atoms with Gasteiger partial charge in [0.1, 0.15) is 18.1 Å². The molecule has 5 rings (SSSR count). The van der Waals surface area contributed by atoms with Gasteiger partial charge in [-0.3, -0.25) is 14.5 Å². The van der Waals surface area contributed by atoms with Gasteiger partial charge < -0.3 is 19.2 Å². The van der Waals surface area contributed by atoms with Crippen molar-refractivity contribution in [3.63, 3.8) is 0 Å². The van der Waals surface area contributed by atoms with Crippen molar-refractivity contribution in [3.05, 3.63) is 70.7 Å². The Kier molecular flexibility index (Phi) is 8.02. The number of furan rings is 1. The molecule has 3 heterocycles. The Hall–Kier alpha value is -2.94. The average Bonchev–Trinajstić information content (AvgIpc) is 3.48. The summed E-state index contributed by atoms with van der Waals surface area (Å²) < 4.78 is 11.9. The predicted molar refractivity (Wildman–Crippen MR) is 145 cm³/mol. The minimum Gasteiger partial charge on any atom is -0.459 e. The fourth-order valence-corrected chi connectivity index (χ4v) is 6.58. The topological polar surface area (TPSA) is 100 Å². The first-order chi connectivity index (χ1) is 18.4. The molecule has 2 N–H and O–H groups in total. The lowest BCUT2D eigenvalue weighted by molar-refractivity contribution is -0.140. The number of carbonyl (C=O) groups excluding carboxylic acids is 2. The molecule has 0 unspecified atom stereocenters. The zero-order valence-electron chi connectivity index (χ0n) is 22.1. The Balaban J connectivity index is 1.44. The molecule has 3 aliphatic rings. The van der Waals surface area contributed by atoms with Crippen LogP contribution in [-0.2, 0) is 20.9 Å². The van der Waals surface area contributed by atoms with Crippen molar-refractivity contribution in [2.24, 2.45) is 17.8 Å². The number of aliphatic hydroxyl groups excluding tert-OH is 1. The Labute approximate surface area is 224 Å². The van der Waals surface area contributed by atoms with Crippen molar-refractivity contribution in [1.29, 1.82) is 0 Å². The molecule has 1 aliphatic carbocycles. The van der Waals surface area contributed by atoms with Gasteiger partial charge in [-0.05, 0) is 79.3 Å². The zero-order valence-corrected chi connectivity index (χ0v) is 22.1. The van der Waals surface area contributed by atoms with E-state index in [9.17, 15) is 19.7 Å². The third-order valence-electron chi connectivity index (χ3n) is 8.25. The SMILES string of the molecule is CCCN1C(=O)[C@@H]2[C@@H](CC(CC)=C3[C@@H](CC/C(=C/c4ccc(CO)o4)c4ccccc4)OB(O)C[C@@H]32)C1=O. The minimum atomic E-state index is -0.977. The highest BCUT2D eigenvalue weighted by molar-refractivity contribution is 6.43. The van der Waals surface area contributed by atoms with Crippen molar-refractivity contribution < 1.29 is 28.8 Å². The highest BCUT2D eigenvalue weighted by Gasteiger charge is 2.56. The maximum atomic E-state index is 13.4. The summed E-state index contributed by atoms with van der Waals surface area (Å²) in [5.41, 5.74) is 4.42. The van der Waals surface area contributed by atoms with Gasteiger partial charge in [0.25, 0.3) is 0 Å². The fourth-order valence-electron chi connectivity index (χ4n) is 6.58. The largest absolute Gasteiger partial charge is 0.459 e. The summed E-state index contributed by atoms with van der Waals surface area (Å²) in [7, 11) is -0.977. The number of amides is 2. The number of hydrogen-bond acceptors (Lipinski definition) is 6. The molecule has 2 amide bonds. The molecule has 4 atom stereocenters. The van der Waals surface area contributed by atoms with Crippen molar-refractivity contribution in [2.45, 2.75) is 65.0 Å². The molecule has 0 bridgehead atoms. The van der Waals surface area contributed by atoms with Crippen LogP contribution in [0.5, 0.6) is 0 Å². The molecule has 0 radical (unpaired) electrons. The first-order valence-electron chi connectivity index (χ1n) is 13.8. The van der Waals surface area contributed by atoms with Crippen LogP contribution >= 0.6 is 0 Å². The van der Waals surface area contributed by atoms with E-state index < -0.39 is 13.0 Å². The number of imide groups is 1. The molecule has 1 aromatic carbocycles. The van der Waals surface area contributed by atoms with Crippen molar-refractivity contribution in [3.8, 4) is 0 Å². The molecular formula is C30H36BNO6. The molecule has 2 aromatic rings. The molecule has 2 saturated heterocycles. The van der Waals surface area contributed by atoms with Crippen LogP contribution in [0, 0.1) is 17.8 Å². The number of nitrogens with zero attached hydrogens (tertiary/aromatic N) is 1. The second-order valence-electron chi connectivity index (χ2n) is 10.5. The Morgan fingerprint density at radius 1 is 1.11 bits per heavy atom. The van der Waals surface area contributed by atoms with Crippen LogP contribution in [0.25, 0.3) is 11.6 Å². The Bertz CT molecular complexity index is 1230. The third-order valence-corrected chi connectivity index (χ3v) is 8.25. The van der Waals surface area contributed by atoms with Crippen LogP contribution < -0.4 is 0 Å². The summed E-state index contributed by atoms with van der Waals surface area (Å²) in [6.45, 7) is 4.37. The average molecular weight is 517 g/mol. The van der Waals surface area contributed by atoms with Gasteiger partial charge in [-0.25, -0.2) is 0 Å². The van der Waals surface area contributed by atoms with Crippen LogP contribution in [-0.4, -0.2) is 46.6 Å². The number of hydrogen-bond donors (Lipinski definition) is 2. The number of fused-ring (bicyclic) bond motifs is 3. The summed E-state index contributed by atoms with van der Waals surface area (Å²) in [5, 5.41) is 20.2. The smallest absolute Gasteiger partial charge is 0.455 e. The number of rotatable bonds is 9. The molecule has 8 heteroatoms. The van der Waals surface area contributed by atoms with E-state index in [-0.39, 0.29) is 36.4 Å². The minimum absolute atomic E-state index is 0.0561. The lowest BCUT2D eigenvalue weighted by Crippen LogP contribution is -2.46. The van der Waals surface area contributed by atoms with Crippen LogP contribution in [0.15, 0.2) is 58.0 Å². The van der Waals surface area contributed by atoms with Gasteiger partial charge in [0, 0.05) is 6.54 Å². The molecule has 1 aromatic heterocycles. The normalized spacial score (nSPS) is 25.7. The second kappa shape index (κ2) is 11.4. The second-order valence-corrected chi connectivity index (χ2v) is 10.5. The number of benzene rings is 1. The van der Waals surface area contributed by atoms with Gasteiger partial charge >= 0.3 is 7.12 Å². The van der Waals surface area contributed by atoms with E-state index in [0.717, 1.165) is 29.6 Å². The van der Waals surface area contributed by atoms with Gasteiger partial charge in [-0.1, -0.05) is 49.8 Å². The number of likely N-dealkylation sites (tertiary alicyclic amines) is 1. The molecule has 2 aliphatic heterocycles. The summed E-state index contributed by atoms with van der Waals surface area (Å²) in [6, 6.07) is 13.7. The van der Waals surface area contributed by atoms with Crippen molar-refractivity contribution in [1.82, 2.24) is 4.90 Å². The molecule has 7 nitrogen and oxygen atoms in total. The monoisotopic (exact) mass is 517 g/mol. The Morgan fingerprint density at radius 3 is 2.58 bits per heavy atom. The summed E-state index contributed by atoms with van der Waals surface area (Å²) >= 11 is 0. The highest BCUT2D eigenvalue weighted by atomic mass is 16.5. The van der Waals surface area contributed by atoms with Gasteiger partial charge in [-0.15, -0.1) is 0 Å². The van der Waals surface area contributed by atoms with E-state index in [2.05, 4.69) is 6.92 Å². The zero-order chi connectivity index (χ0) is 26.8. The van der Waals surface area contributed by atoms with E-state index in [4.69, 9.17) is 9.07 Å². The number of allylic oxidation sites excluding steroid dienone is 2. The van der Waals surface area contributed by atoms with Crippen molar-refractivity contribution in [2.75, 3.05) is 6.54 Å². The van der Waals surface area contributed by atoms with Crippen LogP contribution in [0.3, 0.4) is 0 Å². The van der Waals surface area contributed by atoms with Gasteiger partial charge in [-0.2, -0.15) is 0 Å². The molecule has 0 spiro atoms. The summed E-state index contributed by atoms with van der Waals surface area (Å²) in [5.74, 6) is 0.0991. The first kappa shape index (κ1) is 26.7. The van der Waals surface area contributed by atoms with E-state index >= 15 is 0 Å². The maximum absolute atomic E-state index is 13.4. The van der Waals surface area contributed by atoms with Crippen molar-refractivity contribution >= 4 is 30.6 Å². The van der Waals surface area contributed by atoms with Gasteiger partial charge in [0.05, 0.1) is 17.9 Å². The number of carbonyl (C=O) groups is 2. The van der Waals surface area contributed by atoms with Gasteiger partial charge in [0.2, 0.25) is 11.8 Å². The number of aliphatic hydroxyl groups is 1. The van der Waals surface area contributed by atoms with E-state index in [1.54, 1.807) is 6.07 Å². The van der Waals surface area contributed by atoms with Crippen LogP contribution in [0.1, 0.15) is 63.0 Å². The standard InChI is InChI=1S/C30H36BNO6/c1-3-14-32-29(34)24-16-19(4-2)27-25(28(24)30(32)35)17-31(36)38-26(27)13-10-21(20-8-6-5-7-9-20)15-22-11-12-23(18-33)37-22/h5-9,11-12,15,24-26,28,33,36H,3-4,10,13-14,16-18H2,1-2H3/b21-15-/t24-,25+,26-,28-/m1/s1.